The van der Waals surface area contributed by atoms with Gasteiger partial charge in [-0.05, 0) is 38.1 Å². The molecule has 0 aromatic carbocycles. The predicted octanol–water partition coefficient (Wildman–Crippen LogP) is 2.08. The lowest BCUT2D eigenvalue weighted by atomic mass is 9.88. The van der Waals surface area contributed by atoms with Crippen molar-refractivity contribution in [1.29, 1.82) is 0 Å². The highest BCUT2D eigenvalue weighted by Gasteiger charge is 2.14. The Morgan fingerprint density at radius 3 is 2.44 bits per heavy atom. The minimum Gasteiger partial charge on any atom is -0.350 e. The molecule has 0 radical (unpaired) electrons. The molecule has 3 heteroatoms. The zero-order chi connectivity index (χ0) is 12.6. The van der Waals surface area contributed by atoms with E-state index < -0.39 is 0 Å². The van der Waals surface area contributed by atoms with Crippen LogP contribution >= 0.6 is 0 Å². The van der Waals surface area contributed by atoms with Gasteiger partial charge in [-0.15, -0.1) is 6.58 Å². The van der Waals surface area contributed by atoms with Gasteiger partial charge >= 0.3 is 0 Å². The molecule has 0 aromatic heterocycles. The molecule has 0 fully saturated rings. The Hall–Kier alpha value is -0.830. The fourth-order valence-corrected chi connectivity index (χ4v) is 1.73. The van der Waals surface area contributed by atoms with Crippen molar-refractivity contribution in [1.82, 2.24) is 5.32 Å². The number of hydrogen-bond donors (Lipinski definition) is 2. The van der Waals surface area contributed by atoms with Crippen LogP contribution in [0.15, 0.2) is 12.7 Å². The zero-order valence-electron chi connectivity index (χ0n) is 10.8. The first-order valence-corrected chi connectivity index (χ1v) is 6.13. The van der Waals surface area contributed by atoms with Crippen LogP contribution in [0.2, 0.25) is 0 Å². The lowest BCUT2D eigenvalue weighted by molar-refractivity contribution is -0.121. The molecule has 94 valence electrons. The number of rotatable bonds is 8. The second-order valence-corrected chi connectivity index (χ2v) is 4.71. The molecule has 0 saturated carbocycles. The van der Waals surface area contributed by atoms with Gasteiger partial charge in [-0.1, -0.05) is 19.9 Å². The van der Waals surface area contributed by atoms with Crippen LogP contribution in [0.5, 0.6) is 0 Å². The summed E-state index contributed by atoms with van der Waals surface area (Å²) in [6.45, 7) is 10.6. The van der Waals surface area contributed by atoms with Crippen molar-refractivity contribution >= 4 is 5.91 Å². The fraction of sp³-hybridized carbons (Fsp3) is 0.769. The molecule has 0 aromatic rings. The van der Waals surface area contributed by atoms with Gasteiger partial charge < -0.3 is 11.1 Å². The van der Waals surface area contributed by atoms with Crippen molar-refractivity contribution in [3.63, 3.8) is 0 Å². The topological polar surface area (TPSA) is 55.1 Å². The monoisotopic (exact) mass is 226 g/mol. The molecule has 16 heavy (non-hydrogen) atoms. The first-order chi connectivity index (χ1) is 7.51. The molecule has 0 heterocycles. The van der Waals surface area contributed by atoms with E-state index in [0.29, 0.717) is 24.8 Å². The molecule has 0 spiro atoms. The van der Waals surface area contributed by atoms with Crippen LogP contribution in [0.25, 0.3) is 0 Å². The third-order valence-corrected chi connectivity index (χ3v) is 2.96. The predicted molar refractivity (Wildman–Crippen MR) is 69.0 cm³/mol. The minimum atomic E-state index is 0.0551. The standard InChI is InChI=1S/C13H26N2O/c1-5-11(4)15-13(16)7-6-12(8-9-14)10(2)3/h5,10-12H,1,6-9,14H2,2-4H3,(H,15,16). The third kappa shape index (κ3) is 6.62. The SMILES string of the molecule is C=CC(C)NC(=O)CCC(CCN)C(C)C. The third-order valence-electron chi connectivity index (χ3n) is 2.96. The van der Waals surface area contributed by atoms with Crippen molar-refractivity contribution in [2.75, 3.05) is 6.54 Å². The average Bonchev–Trinajstić information content (AvgIpc) is 2.23. The Morgan fingerprint density at radius 2 is 2.00 bits per heavy atom. The molecule has 0 saturated heterocycles. The summed E-state index contributed by atoms with van der Waals surface area (Å²) < 4.78 is 0. The Morgan fingerprint density at radius 1 is 1.38 bits per heavy atom. The van der Waals surface area contributed by atoms with Crippen LogP contribution in [0, 0.1) is 11.8 Å². The Balaban J connectivity index is 3.91. The Kier molecular flexibility index (Phi) is 7.90. The maximum absolute atomic E-state index is 11.6. The van der Waals surface area contributed by atoms with E-state index in [1.165, 1.54) is 0 Å². The largest absolute Gasteiger partial charge is 0.350 e. The van der Waals surface area contributed by atoms with Gasteiger partial charge in [0.2, 0.25) is 5.91 Å². The lowest BCUT2D eigenvalue weighted by Gasteiger charge is -2.20. The summed E-state index contributed by atoms with van der Waals surface area (Å²) in [6.07, 6.45) is 4.24. The van der Waals surface area contributed by atoms with Crippen molar-refractivity contribution < 1.29 is 4.79 Å². The summed E-state index contributed by atoms with van der Waals surface area (Å²) >= 11 is 0. The first kappa shape index (κ1) is 15.2. The van der Waals surface area contributed by atoms with Crippen LogP contribution in [0.1, 0.15) is 40.0 Å². The van der Waals surface area contributed by atoms with Crippen LogP contribution in [0.4, 0.5) is 0 Å². The molecular formula is C13H26N2O. The molecule has 3 nitrogen and oxygen atoms in total. The van der Waals surface area contributed by atoms with Gasteiger partial charge in [-0.3, -0.25) is 4.79 Å². The Bertz CT molecular complexity index is 214. The Labute approximate surface area is 99.5 Å². The van der Waals surface area contributed by atoms with E-state index in [1.54, 1.807) is 6.08 Å². The lowest BCUT2D eigenvalue weighted by Crippen LogP contribution is -2.31. The highest BCUT2D eigenvalue weighted by Crippen LogP contribution is 2.20. The van der Waals surface area contributed by atoms with Gasteiger partial charge in [-0.25, -0.2) is 0 Å². The maximum Gasteiger partial charge on any atom is 0.220 e. The normalized spacial score (nSPS) is 14.6. The number of amides is 1. The minimum absolute atomic E-state index is 0.0551. The number of carbonyl (C=O) groups is 1. The highest BCUT2D eigenvalue weighted by molar-refractivity contribution is 5.76. The van der Waals surface area contributed by atoms with Gasteiger partial charge in [0.1, 0.15) is 0 Å². The summed E-state index contributed by atoms with van der Waals surface area (Å²) in [4.78, 5) is 11.6. The summed E-state index contributed by atoms with van der Waals surface area (Å²) in [6, 6.07) is 0.0551. The van der Waals surface area contributed by atoms with Crippen LogP contribution in [0.3, 0.4) is 0 Å². The van der Waals surface area contributed by atoms with Gasteiger partial charge in [0, 0.05) is 12.5 Å². The van der Waals surface area contributed by atoms with E-state index in [4.69, 9.17) is 5.73 Å². The molecule has 0 aliphatic rings. The van der Waals surface area contributed by atoms with Gasteiger partial charge in [-0.2, -0.15) is 0 Å². The smallest absolute Gasteiger partial charge is 0.220 e. The van der Waals surface area contributed by atoms with Crippen LogP contribution < -0.4 is 11.1 Å². The molecule has 0 bridgehead atoms. The van der Waals surface area contributed by atoms with E-state index in [1.807, 2.05) is 6.92 Å². The molecule has 1 amide bonds. The molecule has 2 atom stereocenters. The molecule has 0 aliphatic carbocycles. The first-order valence-electron chi connectivity index (χ1n) is 6.13. The van der Waals surface area contributed by atoms with E-state index >= 15 is 0 Å². The van der Waals surface area contributed by atoms with Crippen molar-refractivity contribution in [3.8, 4) is 0 Å². The zero-order valence-corrected chi connectivity index (χ0v) is 10.8. The van der Waals surface area contributed by atoms with E-state index in [2.05, 4.69) is 25.7 Å². The van der Waals surface area contributed by atoms with E-state index in [9.17, 15) is 4.79 Å². The molecule has 2 unspecified atom stereocenters. The van der Waals surface area contributed by atoms with Gasteiger partial charge in [0.15, 0.2) is 0 Å². The number of hydrogen-bond acceptors (Lipinski definition) is 2. The molecule has 0 aliphatic heterocycles. The van der Waals surface area contributed by atoms with E-state index in [-0.39, 0.29) is 11.9 Å². The van der Waals surface area contributed by atoms with Crippen LogP contribution in [-0.4, -0.2) is 18.5 Å². The molecular weight excluding hydrogens is 200 g/mol. The van der Waals surface area contributed by atoms with Crippen molar-refractivity contribution in [2.24, 2.45) is 17.6 Å². The number of carbonyl (C=O) groups excluding carboxylic acids is 1. The van der Waals surface area contributed by atoms with Crippen molar-refractivity contribution in [2.45, 2.75) is 46.1 Å². The quantitative estimate of drug-likeness (QED) is 0.623. The van der Waals surface area contributed by atoms with Gasteiger partial charge in [0.05, 0.1) is 0 Å². The van der Waals surface area contributed by atoms with Crippen LogP contribution in [-0.2, 0) is 4.79 Å². The average molecular weight is 226 g/mol. The number of nitrogens with one attached hydrogen (secondary N) is 1. The van der Waals surface area contributed by atoms with E-state index in [0.717, 1.165) is 12.8 Å². The fourth-order valence-electron chi connectivity index (χ4n) is 1.73. The maximum atomic E-state index is 11.6. The molecule has 3 N–H and O–H groups in total. The number of nitrogens with two attached hydrogens (primary N) is 1. The molecule has 0 rings (SSSR count). The summed E-state index contributed by atoms with van der Waals surface area (Å²) in [5, 5.41) is 2.88. The van der Waals surface area contributed by atoms with Gasteiger partial charge in [0.25, 0.3) is 0 Å². The summed E-state index contributed by atoms with van der Waals surface area (Å²) in [7, 11) is 0. The highest BCUT2D eigenvalue weighted by atomic mass is 16.1. The van der Waals surface area contributed by atoms with Crippen molar-refractivity contribution in [3.05, 3.63) is 12.7 Å². The second-order valence-electron chi connectivity index (χ2n) is 4.71. The summed E-state index contributed by atoms with van der Waals surface area (Å²) in [5.41, 5.74) is 5.56. The summed E-state index contributed by atoms with van der Waals surface area (Å²) in [5.74, 6) is 1.25. The second kappa shape index (κ2) is 8.34.